The lowest BCUT2D eigenvalue weighted by molar-refractivity contribution is -0.140. The minimum atomic E-state index is -0.805. The number of aliphatic hydroxyl groups is 1. The maximum Gasteiger partial charge on any atom is 0.295 e. The summed E-state index contributed by atoms with van der Waals surface area (Å²) >= 11 is 18.5. The fraction of sp³-hybridized carbons (Fsp3) is 0.333. The van der Waals surface area contributed by atoms with Crippen molar-refractivity contribution in [3.05, 3.63) is 68.2 Å². The number of carbonyl (C=O) groups excluding carboxylic acids is 2. The highest BCUT2D eigenvalue weighted by Gasteiger charge is 2.46. The maximum atomic E-state index is 13.2. The average Bonchev–Trinajstić information content (AvgIpc) is 3.04. The number of aliphatic hydroxyl groups excluding tert-OH is 1. The number of likely N-dealkylation sites (tertiary alicyclic amines) is 1. The predicted molar refractivity (Wildman–Crippen MR) is 131 cm³/mol. The van der Waals surface area contributed by atoms with Crippen LogP contribution in [0.4, 0.5) is 0 Å². The Bertz CT molecular complexity index is 1080. The first kappa shape index (κ1) is 25.4. The lowest BCUT2D eigenvalue weighted by Crippen LogP contribution is -2.38. The molecule has 3 rings (SSSR count). The Morgan fingerprint density at radius 2 is 1.70 bits per heavy atom. The molecule has 1 aliphatic rings. The van der Waals surface area contributed by atoms with Gasteiger partial charge in [-0.05, 0) is 42.9 Å². The van der Waals surface area contributed by atoms with E-state index in [2.05, 4.69) is 4.90 Å². The van der Waals surface area contributed by atoms with E-state index in [4.69, 9.17) is 39.5 Å². The molecule has 1 heterocycles. The van der Waals surface area contributed by atoms with Crippen molar-refractivity contribution in [2.24, 2.45) is 0 Å². The molecule has 176 valence electrons. The van der Waals surface area contributed by atoms with Gasteiger partial charge in [-0.3, -0.25) is 9.59 Å². The van der Waals surface area contributed by atoms with Gasteiger partial charge in [0.2, 0.25) is 0 Å². The van der Waals surface area contributed by atoms with Crippen molar-refractivity contribution >= 4 is 52.3 Å². The summed E-state index contributed by atoms with van der Waals surface area (Å²) in [6, 6.07) is 8.94. The number of ketones is 1. The number of likely N-dealkylation sites (N-methyl/N-ethyl adjacent to an activating group) is 1. The third-order valence-electron chi connectivity index (χ3n) is 5.74. The summed E-state index contributed by atoms with van der Waals surface area (Å²) in [7, 11) is 1.39. The molecular formula is C24H25Cl3N2O4. The lowest BCUT2D eigenvalue weighted by atomic mass is 9.95. The fourth-order valence-electron chi connectivity index (χ4n) is 3.98. The first-order chi connectivity index (χ1) is 15.7. The number of halogens is 3. The zero-order valence-corrected chi connectivity index (χ0v) is 20.8. The number of hydrogen-bond donors (Lipinski definition) is 1. The second-order valence-electron chi connectivity index (χ2n) is 7.54. The average molecular weight is 512 g/mol. The van der Waals surface area contributed by atoms with Gasteiger partial charge in [0.1, 0.15) is 11.5 Å². The van der Waals surface area contributed by atoms with E-state index in [-0.39, 0.29) is 26.9 Å². The van der Waals surface area contributed by atoms with Crippen molar-refractivity contribution in [1.82, 2.24) is 9.80 Å². The molecule has 9 heteroatoms. The van der Waals surface area contributed by atoms with Crippen LogP contribution in [0.15, 0.2) is 42.0 Å². The summed E-state index contributed by atoms with van der Waals surface area (Å²) in [4.78, 5) is 29.9. The van der Waals surface area contributed by atoms with Crippen molar-refractivity contribution in [1.29, 1.82) is 0 Å². The van der Waals surface area contributed by atoms with E-state index in [0.29, 0.717) is 23.7 Å². The first-order valence-electron chi connectivity index (χ1n) is 10.5. The Kier molecular flexibility index (Phi) is 8.29. The topological polar surface area (TPSA) is 70.1 Å². The SMILES string of the molecule is CCN(CC)CCN1C(=O)C(=O)/C(=C(/O)c2cc(Cl)cc(Cl)c2OC)C1c1ccc(Cl)cc1. The minimum absolute atomic E-state index is 0.0569. The van der Waals surface area contributed by atoms with Gasteiger partial charge in [0.15, 0.2) is 0 Å². The molecule has 1 amide bonds. The number of benzene rings is 2. The quantitative estimate of drug-likeness (QED) is 0.291. The molecule has 2 aromatic carbocycles. The van der Waals surface area contributed by atoms with E-state index in [1.165, 1.54) is 24.1 Å². The van der Waals surface area contributed by atoms with Crippen LogP contribution in [0.25, 0.3) is 5.76 Å². The van der Waals surface area contributed by atoms with Crippen LogP contribution in [0.1, 0.15) is 31.0 Å². The standard InChI is InChI=1S/C24H25Cl3N2O4/c1-4-28(5-2)10-11-29-20(14-6-8-15(25)9-7-14)19(22(31)24(29)32)21(30)17-12-16(26)13-18(27)23(17)33-3/h6-9,12-13,20,30H,4-5,10-11H2,1-3H3/b21-19+. The van der Waals surface area contributed by atoms with Crippen LogP contribution in [0.3, 0.4) is 0 Å². The number of hydrogen-bond acceptors (Lipinski definition) is 5. The fourth-order valence-corrected chi connectivity index (χ4v) is 4.68. The minimum Gasteiger partial charge on any atom is -0.507 e. The van der Waals surface area contributed by atoms with Gasteiger partial charge in [0.05, 0.1) is 29.3 Å². The number of Topliss-reactive ketones (excluding diaryl/α,β-unsaturated/α-hetero) is 1. The largest absolute Gasteiger partial charge is 0.507 e. The first-order valence-corrected chi connectivity index (χ1v) is 11.7. The molecule has 0 aliphatic carbocycles. The highest BCUT2D eigenvalue weighted by Crippen LogP contribution is 2.43. The normalized spacial score (nSPS) is 17.8. The van der Waals surface area contributed by atoms with Crippen LogP contribution in [0.5, 0.6) is 5.75 Å². The van der Waals surface area contributed by atoms with Gasteiger partial charge in [-0.25, -0.2) is 0 Å². The van der Waals surface area contributed by atoms with Gasteiger partial charge in [-0.15, -0.1) is 0 Å². The Morgan fingerprint density at radius 1 is 1.06 bits per heavy atom. The molecule has 1 N–H and O–H groups in total. The van der Waals surface area contributed by atoms with Crippen molar-refractivity contribution in [3.63, 3.8) is 0 Å². The summed E-state index contributed by atoms with van der Waals surface area (Å²) in [5.74, 6) is -1.72. The van der Waals surface area contributed by atoms with E-state index in [0.717, 1.165) is 13.1 Å². The van der Waals surface area contributed by atoms with Crippen LogP contribution in [-0.2, 0) is 9.59 Å². The molecule has 0 radical (unpaired) electrons. The molecule has 1 fully saturated rings. The van der Waals surface area contributed by atoms with Crippen molar-refractivity contribution in [3.8, 4) is 5.75 Å². The number of methoxy groups -OCH3 is 1. The molecule has 0 bridgehead atoms. The molecule has 1 saturated heterocycles. The van der Waals surface area contributed by atoms with Gasteiger partial charge in [-0.2, -0.15) is 0 Å². The highest BCUT2D eigenvalue weighted by molar-refractivity contribution is 6.47. The van der Waals surface area contributed by atoms with Gasteiger partial charge < -0.3 is 19.6 Å². The van der Waals surface area contributed by atoms with E-state index in [9.17, 15) is 14.7 Å². The Labute approximate surface area is 208 Å². The summed E-state index contributed by atoms with van der Waals surface area (Å²) in [5.41, 5.74) is 0.723. The molecule has 0 spiro atoms. The van der Waals surface area contributed by atoms with Gasteiger partial charge >= 0.3 is 0 Å². The molecule has 0 aromatic heterocycles. The second kappa shape index (κ2) is 10.8. The summed E-state index contributed by atoms with van der Waals surface area (Å²) in [6.07, 6.45) is 0. The van der Waals surface area contributed by atoms with E-state index in [1.54, 1.807) is 24.3 Å². The third kappa shape index (κ3) is 5.14. The molecule has 1 aliphatic heterocycles. The lowest BCUT2D eigenvalue weighted by Gasteiger charge is -2.28. The number of amides is 1. The monoisotopic (exact) mass is 510 g/mol. The van der Waals surface area contributed by atoms with E-state index >= 15 is 0 Å². The van der Waals surface area contributed by atoms with Crippen LogP contribution in [0, 0.1) is 0 Å². The Morgan fingerprint density at radius 3 is 2.27 bits per heavy atom. The van der Waals surface area contributed by atoms with Gasteiger partial charge in [0.25, 0.3) is 11.7 Å². The number of nitrogens with zero attached hydrogens (tertiary/aromatic N) is 2. The molecular weight excluding hydrogens is 487 g/mol. The maximum absolute atomic E-state index is 13.2. The highest BCUT2D eigenvalue weighted by atomic mass is 35.5. The molecule has 1 atom stereocenters. The van der Waals surface area contributed by atoms with Crippen LogP contribution in [0.2, 0.25) is 15.1 Å². The molecule has 2 aromatic rings. The summed E-state index contributed by atoms with van der Waals surface area (Å²) < 4.78 is 5.35. The zero-order valence-electron chi connectivity index (χ0n) is 18.6. The van der Waals surface area contributed by atoms with Crippen molar-refractivity contribution in [2.45, 2.75) is 19.9 Å². The smallest absolute Gasteiger partial charge is 0.295 e. The zero-order chi connectivity index (χ0) is 24.3. The predicted octanol–water partition coefficient (Wildman–Crippen LogP) is 5.42. The van der Waals surface area contributed by atoms with Gasteiger partial charge in [-0.1, -0.05) is 60.8 Å². The molecule has 1 unspecified atom stereocenters. The van der Waals surface area contributed by atoms with Crippen LogP contribution >= 0.6 is 34.8 Å². The Balaban J connectivity index is 2.19. The molecule has 0 saturated carbocycles. The van der Waals surface area contributed by atoms with Crippen LogP contribution in [-0.4, -0.2) is 59.9 Å². The molecule has 6 nitrogen and oxygen atoms in total. The third-order valence-corrected chi connectivity index (χ3v) is 6.50. The van der Waals surface area contributed by atoms with Gasteiger partial charge in [0, 0.05) is 23.1 Å². The second-order valence-corrected chi connectivity index (χ2v) is 8.82. The van der Waals surface area contributed by atoms with Crippen LogP contribution < -0.4 is 4.74 Å². The Hall–Kier alpha value is -2.25. The summed E-state index contributed by atoms with van der Waals surface area (Å²) in [6.45, 7) is 6.57. The summed E-state index contributed by atoms with van der Waals surface area (Å²) in [5, 5.41) is 12.2. The molecule has 33 heavy (non-hydrogen) atoms. The number of ether oxygens (including phenoxy) is 1. The number of rotatable bonds is 8. The van der Waals surface area contributed by atoms with E-state index < -0.39 is 23.5 Å². The van der Waals surface area contributed by atoms with E-state index in [1.807, 2.05) is 13.8 Å². The number of carbonyl (C=O) groups is 2. The van der Waals surface area contributed by atoms with Crippen molar-refractivity contribution in [2.75, 3.05) is 33.3 Å². The van der Waals surface area contributed by atoms with Crippen molar-refractivity contribution < 1.29 is 19.4 Å².